The molecule has 1 aromatic rings. The molecule has 0 unspecified atom stereocenters. The number of carboxylic acids is 1. The maximum absolute atomic E-state index is 11.5. The first-order chi connectivity index (χ1) is 7.41. The summed E-state index contributed by atoms with van der Waals surface area (Å²) < 4.78 is 0.439. The van der Waals surface area contributed by atoms with Gasteiger partial charge in [0.05, 0.1) is 15.3 Å². The number of rotatable bonds is 4. The Morgan fingerprint density at radius 3 is 2.50 bits per heavy atom. The van der Waals surface area contributed by atoms with E-state index in [0.717, 1.165) is 11.3 Å². The van der Waals surface area contributed by atoms with Gasteiger partial charge in [-0.05, 0) is 19.1 Å². The van der Waals surface area contributed by atoms with Gasteiger partial charge in [0, 0.05) is 0 Å². The van der Waals surface area contributed by atoms with E-state index in [4.69, 9.17) is 21.8 Å². The number of carbonyl (C=O) groups is 2. The fraction of sp³-hybridized carbons (Fsp3) is 0.333. The van der Waals surface area contributed by atoms with E-state index in [1.54, 1.807) is 6.07 Å². The Bertz CT molecular complexity index is 404. The van der Waals surface area contributed by atoms with Crippen LogP contribution in [0.5, 0.6) is 0 Å². The summed E-state index contributed by atoms with van der Waals surface area (Å²) in [6, 6.07) is 1.70. The lowest BCUT2D eigenvalue weighted by atomic mass is 10.2. The van der Waals surface area contributed by atoms with Crippen molar-refractivity contribution in [3.63, 3.8) is 0 Å². The molecule has 1 amide bonds. The van der Waals surface area contributed by atoms with Crippen LogP contribution in [0.4, 0.5) is 0 Å². The second-order valence-corrected chi connectivity index (χ2v) is 4.85. The van der Waals surface area contributed by atoms with E-state index >= 15 is 0 Å². The van der Waals surface area contributed by atoms with E-state index in [9.17, 15) is 9.59 Å². The number of hydrogen-bond donors (Lipinski definition) is 3. The molecule has 0 fully saturated rings. The zero-order chi connectivity index (χ0) is 12.3. The number of carboxylic acid groups (broad SMARTS) is 1. The molecule has 5 nitrogen and oxygen atoms in total. The molecule has 1 heterocycles. The summed E-state index contributed by atoms with van der Waals surface area (Å²) in [5, 5.41) is 20.1. The molecule has 0 aliphatic rings. The molecule has 88 valence electrons. The van der Waals surface area contributed by atoms with E-state index in [0.29, 0.717) is 9.21 Å². The molecule has 0 aliphatic heterocycles. The predicted molar refractivity (Wildman–Crippen MR) is 59.9 cm³/mol. The number of thiophene rings is 1. The van der Waals surface area contributed by atoms with Crippen molar-refractivity contribution >= 4 is 34.8 Å². The first kappa shape index (κ1) is 13.0. The maximum atomic E-state index is 11.5. The van der Waals surface area contributed by atoms with Crippen LogP contribution in [0, 0.1) is 0 Å². The highest BCUT2D eigenvalue weighted by Gasteiger charge is 2.25. The standard InChI is InChI=1S/C9H10ClNO4S/c1-4(12)7(9(14)15)11-8(13)5-2-3-6(10)16-5/h2-4,7,12H,1H3,(H,11,13)(H,14,15)/t4-,7+/m1/s1. The number of halogens is 1. The van der Waals surface area contributed by atoms with Gasteiger partial charge >= 0.3 is 5.97 Å². The Kier molecular flexibility index (Phi) is 4.28. The topological polar surface area (TPSA) is 86.6 Å². The average molecular weight is 264 g/mol. The van der Waals surface area contributed by atoms with Crippen LogP contribution in [-0.2, 0) is 4.79 Å². The average Bonchev–Trinajstić information content (AvgIpc) is 2.59. The number of amides is 1. The highest BCUT2D eigenvalue weighted by Crippen LogP contribution is 2.21. The third kappa shape index (κ3) is 3.19. The van der Waals surface area contributed by atoms with Gasteiger partial charge in [0.15, 0.2) is 6.04 Å². The molecule has 0 saturated carbocycles. The number of carbonyl (C=O) groups excluding carboxylic acids is 1. The van der Waals surface area contributed by atoms with Gasteiger partial charge in [0.1, 0.15) is 0 Å². The Balaban J connectivity index is 2.73. The van der Waals surface area contributed by atoms with Gasteiger partial charge in [0.25, 0.3) is 5.91 Å². The normalized spacial score (nSPS) is 14.2. The van der Waals surface area contributed by atoms with E-state index < -0.39 is 24.0 Å². The lowest BCUT2D eigenvalue weighted by molar-refractivity contribution is -0.141. The van der Waals surface area contributed by atoms with Gasteiger partial charge in [-0.25, -0.2) is 4.79 Å². The minimum atomic E-state index is -1.33. The Labute approximate surface area is 101 Å². The highest BCUT2D eigenvalue weighted by molar-refractivity contribution is 7.18. The lowest BCUT2D eigenvalue weighted by Gasteiger charge is -2.16. The molecule has 0 aliphatic carbocycles. The number of aliphatic hydroxyl groups excluding tert-OH is 1. The van der Waals surface area contributed by atoms with Crippen molar-refractivity contribution in [2.45, 2.75) is 19.1 Å². The Hall–Kier alpha value is -1.11. The number of aliphatic hydroxyl groups is 1. The number of nitrogens with one attached hydrogen (secondary N) is 1. The number of aliphatic carboxylic acids is 1. The van der Waals surface area contributed by atoms with Crippen molar-refractivity contribution in [2.75, 3.05) is 0 Å². The molecule has 0 aromatic carbocycles. The van der Waals surface area contributed by atoms with Crippen LogP contribution in [0.15, 0.2) is 12.1 Å². The monoisotopic (exact) mass is 263 g/mol. The quantitative estimate of drug-likeness (QED) is 0.755. The largest absolute Gasteiger partial charge is 0.480 e. The molecule has 0 radical (unpaired) electrons. The van der Waals surface area contributed by atoms with E-state index in [2.05, 4.69) is 5.32 Å². The molecular formula is C9H10ClNO4S. The first-order valence-corrected chi connectivity index (χ1v) is 5.58. The molecule has 0 bridgehead atoms. The Morgan fingerprint density at radius 1 is 1.50 bits per heavy atom. The third-order valence-electron chi connectivity index (χ3n) is 1.83. The highest BCUT2D eigenvalue weighted by atomic mass is 35.5. The Morgan fingerprint density at radius 2 is 2.12 bits per heavy atom. The summed E-state index contributed by atoms with van der Waals surface area (Å²) in [7, 11) is 0. The van der Waals surface area contributed by atoms with Crippen molar-refractivity contribution in [1.29, 1.82) is 0 Å². The van der Waals surface area contributed by atoms with Gasteiger partial charge in [-0.1, -0.05) is 11.6 Å². The van der Waals surface area contributed by atoms with Gasteiger partial charge in [-0.2, -0.15) is 0 Å². The third-order valence-corrected chi connectivity index (χ3v) is 3.06. The van der Waals surface area contributed by atoms with Crippen LogP contribution < -0.4 is 5.32 Å². The zero-order valence-electron chi connectivity index (χ0n) is 8.31. The molecule has 7 heteroatoms. The summed E-state index contributed by atoms with van der Waals surface area (Å²) in [5.74, 6) is -1.85. The summed E-state index contributed by atoms with van der Waals surface area (Å²) in [6.45, 7) is 1.29. The molecule has 0 saturated heterocycles. The minimum absolute atomic E-state index is 0.303. The zero-order valence-corrected chi connectivity index (χ0v) is 9.88. The van der Waals surface area contributed by atoms with Crippen LogP contribution in [0.25, 0.3) is 0 Å². The molecule has 1 rings (SSSR count). The van der Waals surface area contributed by atoms with E-state index in [1.807, 2.05) is 0 Å². The second-order valence-electron chi connectivity index (χ2n) is 3.13. The van der Waals surface area contributed by atoms with Gasteiger partial charge in [-0.15, -0.1) is 11.3 Å². The van der Waals surface area contributed by atoms with Gasteiger partial charge < -0.3 is 15.5 Å². The van der Waals surface area contributed by atoms with Crippen molar-refractivity contribution in [3.05, 3.63) is 21.3 Å². The van der Waals surface area contributed by atoms with Crippen molar-refractivity contribution in [2.24, 2.45) is 0 Å². The minimum Gasteiger partial charge on any atom is -0.480 e. The maximum Gasteiger partial charge on any atom is 0.328 e. The van der Waals surface area contributed by atoms with Crippen LogP contribution in [0.1, 0.15) is 16.6 Å². The SMILES string of the molecule is C[C@@H](O)[C@H](NC(=O)c1ccc(Cl)s1)C(=O)O. The summed E-state index contributed by atoms with van der Waals surface area (Å²) >= 11 is 6.68. The fourth-order valence-electron chi connectivity index (χ4n) is 1.04. The first-order valence-electron chi connectivity index (χ1n) is 4.39. The summed E-state index contributed by atoms with van der Waals surface area (Å²) in [6.07, 6.45) is -1.17. The van der Waals surface area contributed by atoms with Crippen LogP contribution in [-0.4, -0.2) is 34.2 Å². The van der Waals surface area contributed by atoms with E-state index in [1.165, 1.54) is 13.0 Å². The van der Waals surface area contributed by atoms with Gasteiger partial charge in [-0.3, -0.25) is 4.79 Å². The molecule has 2 atom stereocenters. The molecule has 0 spiro atoms. The van der Waals surface area contributed by atoms with Crippen molar-refractivity contribution in [1.82, 2.24) is 5.32 Å². The molecular weight excluding hydrogens is 254 g/mol. The molecule has 3 N–H and O–H groups in total. The van der Waals surface area contributed by atoms with Crippen molar-refractivity contribution in [3.8, 4) is 0 Å². The van der Waals surface area contributed by atoms with E-state index in [-0.39, 0.29) is 0 Å². The fourth-order valence-corrected chi connectivity index (χ4v) is 1.98. The van der Waals surface area contributed by atoms with Crippen LogP contribution >= 0.6 is 22.9 Å². The molecule has 1 aromatic heterocycles. The summed E-state index contributed by atoms with van der Waals surface area (Å²) in [5.41, 5.74) is 0. The number of hydrogen-bond acceptors (Lipinski definition) is 4. The molecule has 16 heavy (non-hydrogen) atoms. The van der Waals surface area contributed by atoms with Crippen molar-refractivity contribution < 1.29 is 19.8 Å². The predicted octanol–water partition coefficient (Wildman–Crippen LogP) is 0.965. The second kappa shape index (κ2) is 5.29. The van der Waals surface area contributed by atoms with Crippen LogP contribution in [0.2, 0.25) is 4.34 Å². The smallest absolute Gasteiger partial charge is 0.328 e. The summed E-state index contributed by atoms with van der Waals surface area (Å²) in [4.78, 5) is 22.6. The van der Waals surface area contributed by atoms with Gasteiger partial charge in [0.2, 0.25) is 0 Å². The lowest BCUT2D eigenvalue weighted by Crippen LogP contribution is -2.47. The van der Waals surface area contributed by atoms with Crippen LogP contribution in [0.3, 0.4) is 0 Å².